The number of ether oxygens (including phenoxy) is 2. The number of anilines is 1. The van der Waals surface area contributed by atoms with E-state index in [1.54, 1.807) is 18.5 Å². The predicted octanol–water partition coefficient (Wildman–Crippen LogP) is 4.65. The molecule has 0 radical (unpaired) electrons. The highest BCUT2D eigenvalue weighted by molar-refractivity contribution is 6.17. The molecule has 0 N–H and O–H groups in total. The minimum absolute atomic E-state index is 0.561. The van der Waals surface area contributed by atoms with Crippen LogP contribution in [-0.4, -0.2) is 75.8 Å². The molecule has 0 saturated carbocycles. The minimum atomic E-state index is 0.561. The van der Waals surface area contributed by atoms with Gasteiger partial charge in [-0.2, -0.15) is 10.5 Å². The van der Waals surface area contributed by atoms with E-state index in [4.69, 9.17) is 31.6 Å². The molecule has 3 aromatic carbocycles. The lowest BCUT2D eigenvalue weighted by atomic mass is 10.2. The number of halogens is 1. The molecule has 0 unspecified atom stereocenters. The van der Waals surface area contributed by atoms with Crippen molar-refractivity contribution < 1.29 is 9.47 Å². The first kappa shape index (κ1) is 28.4. The summed E-state index contributed by atoms with van der Waals surface area (Å²) in [6.07, 6.45) is 3.62. The van der Waals surface area contributed by atoms with Crippen molar-refractivity contribution in [2.24, 2.45) is 0 Å². The van der Waals surface area contributed by atoms with Gasteiger partial charge >= 0.3 is 0 Å². The van der Waals surface area contributed by atoms with Crippen LogP contribution in [-0.2, 0) is 13.1 Å². The van der Waals surface area contributed by atoms with E-state index in [1.165, 1.54) is 5.69 Å². The second kappa shape index (κ2) is 13.0. The molecule has 218 valence electrons. The van der Waals surface area contributed by atoms with Crippen LogP contribution in [0.15, 0.2) is 67.3 Å². The van der Waals surface area contributed by atoms with Crippen LogP contribution < -0.4 is 14.4 Å². The van der Waals surface area contributed by atoms with Crippen molar-refractivity contribution in [3.63, 3.8) is 0 Å². The first-order valence-corrected chi connectivity index (χ1v) is 14.8. The van der Waals surface area contributed by atoms with Gasteiger partial charge in [-0.05, 0) is 48.5 Å². The third-order valence-corrected chi connectivity index (χ3v) is 7.92. The summed E-state index contributed by atoms with van der Waals surface area (Å²) in [6.45, 7) is 7.91. The zero-order chi connectivity index (χ0) is 29.6. The number of fused-ring (bicyclic) bond motifs is 3. The summed E-state index contributed by atoms with van der Waals surface area (Å²) >= 11 is 5.65. The van der Waals surface area contributed by atoms with Crippen molar-refractivity contribution in [3.05, 3.63) is 78.4 Å². The van der Waals surface area contributed by atoms with Gasteiger partial charge in [0.1, 0.15) is 13.2 Å². The Kier molecular flexibility index (Phi) is 8.60. The summed E-state index contributed by atoms with van der Waals surface area (Å²) < 4.78 is 15.5. The van der Waals surface area contributed by atoms with Gasteiger partial charge in [0.2, 0.25) is 0 Å². The summed E-state index contributed by atoms with van der Waals surface area (Å²) in [7, 11) is 0. The molecule has 10 nitrogen and oxygen atoms in total. The average Bonchev–Trinajstić information content (AvgIpc) is 3.67. The van der Waals surface area contributed by atoms with Gasteiger partial charge in [-0.3, -0.25) is 4.90 Å². The predicted molar refractivity (Wildman–Crippen MR) is 166 cm³/mol. The third-order valence-electron chi connectivity index (χ3n) is 7.75. The number of hydrogen-bond donors (Lipinski definition) is 0. The molecule has 5 aromatic rings. The second-order valence-electron chi connectivity index (χ2n) is 10.4. The Labute approximate surface area is 254 Å². The number of alkyl halides is 1. The first-order chi connectivity index (χ1) is 21.1. The van der Waals surface area contributed by atoms with Crippen molar-refractivity contribution in [2.45, 2.75) is 13.1 Å². The van der Waals surface area contributed by atoms with Crippen LogP contribution in [0.25, 0.3) is 22.1 Å². The molecule has 2 aliphatic heterocycles. The van der Waals surface area contributed by atoms with Crippen LogP contribution in [0.3, 0.4) is 0 Å². The van der Waals surface area contributed by atoms with E-state index < -0.39 is 0 Å². The van der Waals surface area contributed by atoms with Gasteiger partial charge in [-0.25, -0.2) is 9.97 Å². The molecule has 4 heterocycles. The number of aryl methyl sites for hydroxylation is 1. The third kappa shape index (κ3) is 6.36. The average molecular weight is 595 g/mol. The van der Waals surface area contributed by atoms with E-state index in [-0.39, 0.29) is 0 Å². The number of piperazine rings is 1. The summed E-state index contributed by atoms with van der Waals surface area (Å²) in [5, 5.41) is 17.7. The highest BCUT2D eigenvalue weighted by atomic mass is 35.5. The monoisotopic (exact) mass is 594 g/mol. The van der Waals surface area contributed by atoms with Gasteiger partial charge < -0.3 is 23.5 Å². The molecule has 0 atom stereocenters. The maximum absolute atomic E-state index is 9.03. The summed E-state index contributed by atoms with van der Waals surface area (Å²) in [5.41, 5.74) is 6.31. The molecule has 2 aromatic heterocycles. The van der Waals surface area contributed by atoms with Crippen LogP contribution in [0.2, 0.25) is 0 Å². The van der Waals surface area contributed by atoms with E-state index in [0.29, 0.717) is 30.2 Å². The van der Waals surface area contributed by atoms with Crippen molar-refractivity contribution >= 4 is 39.4 Å². The standard InChI is InChI=1S/C22H23N5O2.C10H8ClN3/c23-15-17-1-3-20-19(13-17)24-16-27(20)10-7-25-5-8-26(9-6-25)18-2-4-21-22(14-18)29-12-11-28-21;11-3-4-14-7-13-9-5-8(6-12)1-2-10(9)14/h1-4,13-14,16H,5-12H2;1-2,5,7H,3-4H2. The highest BCUT2D eigenvalue weighted by Gasteiger charge is 2.20. The summed E-state index contributed by atoms with van der Waals surface area (Å²) in [4.78, 5) is 13.5. The Morgan fingerprint density at radius 3 is 1.91 bits per heavy atom. The highest BCUT2D eigenvalue weighted by Crippen LogP contribution is 2.34. The number of nitrogens with zero attached hydrogens (tertiary/aromatic N) is 8. The van der Waals surface area contributed by atoms with Crippen molar-refractivity contribution in [1.82, 2.24) is 24.0 Å². The van der Waals surface area contributed by atoms with Crippen molar-refractivity contribution in [1.29, 1.82) is 10.5 Å². The van der Waals surface area contributed by atoms with E-state index in [0.717, 1.165) is 79.4 Å². The largest absolute Gasteiger partial charge is 0.486 e. The number of imidazole rings is 2. The topological polar surface area (TPSA) is 108 Å². The van der Waals surface area contributed by atoms with Crippen LogP contribution >= 0.6 is 11.6 Å². The molecule has 0 spiro atoms. The lowest BCUT2D eigenvalue weighted by Crippen LogP contribution is -2.47. The smallest absolute Gasteiger partial charge is 0.163 e. The Balaban J connectivity index is 0.000000197. The summed E-state index contributed by atoms with van der Waals surface area (Å²) in [6, 6.07) is 21.6. The van der Waals surface area contributed by atoms with Gasteiger partial charge in [-0.1, -0.05) is 0 Å². The summed E-state index contributed by atoms with van der Waals surface area (Å²) in [5.74, 6) is 2.25. The molecule has 0 aliphatic carbocycles. The van der Waals surface area contributed by atoms with Crippen LogP contribution in [0.5, 0.6) is 11.5 Å². The molecule has 1 fully saturated rings. The van der Waals surface area contributed by atoms with E-state index in [2.05, 4.69) is 48.6 Å². The fourth-order valence-corrected chi connectivity index (χ4v) is 5.60. The molecular weight excluding hydrogens is 564 g/mol. The molecular formula is C32H31ClN8O2. The van der Waals surface area contributed by atoms with Crippen LogP contribution in [0.1, 0.15) is 11.1 Å². The van der Waals surface area contributed by atoms with E-state index in [9.17, 15) is 0 Å². The molecule has 11 heteroatoms. The van der Waals surface area contributed by atoms with Crippen LogP contribution in [0.4, 0.5) is 5.69 Å². The van der Waals surface area contributed by atoms with Gasteiger partial charge in [0.25, 0.3) is 0 Å². The van der Waals surface area contributed by atoms with Crippen molar-refractivity contribution in [2.75, 3.05) is 56.7 Å². The van der Waals surface area contributed by atoms with Gasteiger partial charge in [-0.15, -0.1) is 11.6 Å². The normalized spacial score (nSPS) is 14.6. The first-order valence-electron chi connectivity index (χ1n) is 14.3. The van der Waals surface area contributed by atoms with E-state index >= 15 is 0 Å². The lowest BCUT2D eigenvalue weighted by molar-refractivity contribution is 0.171. The lowest BCUT2D eigenvalue weighted by Gasteiger charge is -2.36. The molecule has 43 heavy (non-hydrogen) atoms. The zero-order valence-electron chi connectivity index (χ0n) is 23.7. The fraction of sp³-hybridized carbons (Fsp3) is 0.312. The Hall–Kier alpha value is -4.77. The van der Waals surface area contributed by atoms with Gasteiger partial charge in [0, 0.05) is 63.4 Å². The minimum Gasteiger partial charge on any atom is -0.486 e. The maximum atomic E-state index is 9.03. The molecule has 0 amide bonds. The quantitative estimate of drug-likeness (QED) is 0.262. The van der Waals surface area contributed by atoms with Crippen molar-refractivity contribution in [3.8, 4) is 23.6 Å². The molecule has 2 aliphatic rings. The zero-order valence-corrected chi connectivity index (χ0v) is 24.5. The van der Waals surface area contributed by atoms with Gasteiger partial charge in [0.05, 0.1) is 58.0 Å². The number of rotatable bonds is 6. The second-order valence-corrected chi connectivity index (χ2v) is 10.7. The van der Waals surface area contributed by atoms with Gasteiger partial charge in [0.15, 0.2) is 11.5 Å². The molecule has 1 saturated heterocycles. The Morgan fingerprint density at radius 1 is 0.698 bits per heavy atom. The molecule has 7 rings (SSSR count). The fourth-order valence-electron chi connectivity index (χ4n) is 5.42. The Morgan fingerprint density at radius 2 is 1.30 bits per heavy atom. The number of nitriles is 2. The SMILES string of the molecule is N#Cc1ccc2c(c1)ncn2CCCl.N#Cc1ccc2c(c1)ncn2CCN1CCN(c2ccc3c(c2)OCCO3)CC1. The van der Waals surface area contributed by atoms with Crippen LogP contribution in [0, 0.1) is 22.7 Å². The number of aromatic nitrogens is 4. The number of hydrogen-bond acceptors (Lipinski definition) is 8. The van der Waals surface area contributed by atoms with E-state index in [1.807, 2.05) is 41.2 Å². The number of benzene rings is 3. The molecule has 0 bridgehead atoms. The Bertz CT molecular complexity index is 1810. The maximum Gasteiger partial charge on any atom is 0.163 e.